The second kappa shape index (κ2) is 7.53. The number of carbonyl (C=O) groups is 1. The lowest BCUT2D eigenvalue weighted by Gasteiger charge is -2.09. The van der Waals surface area contributed by atoms with Crippen LogP contribution in [0.3, 0.4) is 0 Å². The SMILES string of the molecule is CC(CNC(=O)c1ccc(C#CCN)cn1)c1nccs1. The Morgan fingerprint density at radius 3 is 2.95 bits per heavy atom. The van der Waals surface area contributed by atoms with E-state index in [9.17, 15) is 4.79 Å². The highest BCUT2D eigenvalue weighted by Crippen LogP contribution is 2.16. The third-order valence-electron chi connectivity index (χ3n) is 2.77. The van der Waals surface area contributed by atoms with Gasteiger partial charge in [-0.1, -0.05) is 18.8 Å². The van der Waals surface area contributed by atoms with Crippen LogP contribution in [0.2, 0.25) is 0 Å². The molecule has 1 amide bonds. The van der Waals surface area contributed by atoms with E-state index in [2.05, 4.69) is 27.1 Å². The maximum Gasteiger partial charge on any atom is 0.269 e. The fourth-order valence-electron chi connectivity index (χ4n) is 1.66. The molecule has 0 spiro atoms. The predicted octanol–water partition coefficient (Wildman–Crippen LogP) is 1.38. The monoisotopic (exact) mass is 300 g/mol. The zero-order valence-corrected chi connectivity index (χ0v) is 12.5. The smallest absolute Gasteiger partial charge is 0.269 e. The van der Waals surface area contributed by atoms with E-state index in [-0.39, 0.29) is 11.8 Å². The highest BCUT2D eigenvalue weighted by Gasteiger charge is 2.11. The average molecular weight is 300 g/mol. The first-order valence-corrected chi connectivity index (χ1v) is 7.41. The second-order valence-electron chi connectivity index (χ2n) is 4.42. The molecule has 0 bridgehead atoms. The molecule has 0 aliphatic carbocycles. The molecule has 2 aromatic rings. The molecule has 0 radical (unpaired) electrons. The summed E-state index contributed by atoms with van der Waals surface area (Å²) in [5.41, 5.74) is 6.42. The van der Waals surface area contributed by atoms with Crippen molar-refractivity contribution in [2.24, 2.45) is 5.73 Å². The summed E-state index contributed by atoms with van der Waals surface area (Å²) in [6.07, 6.45) is 3.34. The highest BCUT2D eigenvalue weighted by atomic mass is 32.1. The van der Waals surface area contributed by atoms with Crippen molar-refractivity contribution in [2.45, 2.75) is 12.8 Å². The van der Waals surface area contributed by atoms with Crippen LogP contribution >= 0.6 is 11.3 Å². The Hall–Kier alpha value is -2.23. The fraction of sp³-hybridized carbons (Fsp3) is 0.267. The molecule has 0 saturated carbocycles. The molecule has 1 unspecified atom stereocenters. The number of nitrogens with zero attached hydrogens (tertiary/aromatic N) is 2. The van der Waals surface area contributed by atoms with Crippen molar-refractivity contribution < 1.29 is 4.79 Å². The summed E-state index contributed by atoms with van der Waals surface area (Å²) < 4.78 is 0. The van der Waals surface area contributed by atoms with Crippen LogP contribution in [-0.2, 0) is 0 Å². The van der Waals surface area contributed by atoms with Crippen LogP contribution in [0.15, 0.2) is 29.9 Å². The maximum absolute atomic E-state index is 12.0. The van der Waals surface area contributed by atoms with Crippen LogP contribution < -0.4 is 11.1 Å². The van der Waals surface area contributed by atoms with Crippen LogP contribution in [0.1, 0.15) is 33.9 Å². The molecule has 0 aliphatic heterocycles. The van der Waals surface area contributed by atoms with Crippen LogP contribution in [0.5, 0.6) is 0 Å². The quantitative estimate of drug-likeness (QED) is 0.836. The zero-order valence-electron chi connectivity index (χ0n) is 11.7. The molecule has 0 aliphatic rings. The largest absolute Gasteiger partial charge is 0.350 e. The molecular formula is C15H16N4OS. The van der Waals surface area contributed by atoms with Crippen molar-refractivity contribution in [3.8, 4) is 11.8 Å². The van der Waals surface area contributed by atoms with Crippen molar-refractivity contribution in [1.82, 2.24) is 15.3 Å². The van der Waals surface area contributed by atoms with Crippen molar-refractivity contribution in [3.63, 3.8) is 0 Å². The van der Waals surface area contributed by atoms with E-state index in [1.54, 1.807) is 35.9 Å². The van der Waals surface area contributed by atoms with Gasteiger partial charge in [0.25, 0.3) is 5.91 Å². The first-order valence-electron chi connectivity index (χ1n) is 6.53. The molecule has 0 saturated heterocycles. The summed E-state index contributed by atoms with van der Waals surface area (Å²) in [7, 11) is 0. The van der Waals surface area contributed by atoms with E-state index in [4.69, 9.17) is 5.73 Å². The van der Waals surface area contributed by atoms with Crippen molar-refractivity contribution in [3.05, 3.63) is 46.2 Å². The number of hydrogen-bond acceptors (Lipinski definition) is 5. The van der Waals surface area contributed by atoms with Gasteiger partial charge in [-0.15, -0.1) is 11.3 Å². The average Bonchev–Trinajstić information content (AvgIpc) is 3.05. The van der Waals surface area contributed by atoms with Crippen LogP contribution in [0.4, 0.5) is 0 Å². The van der Waals surface area contributed by atoms with Gasteiger partial charge < -0.3 is 11.1 Å². The number of pyridine rings is 1. The minimum atomic E-state index is -0.197. The standard InChI is InChI=1S/C15H16N4OS/c1-11(15-17-7-8-21-15)9-19-14(20)13-5-4-12(10-18-13)3-2-6-16/h4-5,7-8,10-11H,6,9,16H2,1H3,(H,19,20). The van der Waals surface area contributed by atoms with E-state index < -0.39 is 0 Å². The number of nitrogens with one attached hydrogen (secondary N) is 1. The summed E-state index contributed by atoms with van der Waals surface area (Å²) in [6.45, 7) is 2.86. The van der Waals surface area contributed by atoms with Crippen LogP contribution in [0, 0.1) is 11.8 Å². The van der Waals surface area contributed by atoms with Crippen molar-refractivity contribution >= 4 is 17.2 Å². The lowest BCUT2D eigenvalue weighted by atomic mass is 10.2. The summed E-state index contributed by atoms with van der Waals surface area (Å²) in [4.78, 5) is 20.3. The number of carbonyl (C=O) groups excluding carboxylic acids is 1. The number of aromatic nitrogens is 2. The number of thiazole rings is 1. The molecule has 3 N–H and O–H groups in total. The van der Waals surface area contributed by atoms with Gasteiger partial charge in [0.2, 0.25) is 0 Å². The molecule has 0 aromatic carbocycles. The first kappa shape index (κ1) is 15.2. The van der Waals surface area contributed by atoms with E-state index in [1.807, 2.05) is 12.3 Å². The van der Waals surface area contributed by atoms with E-state index in [0.29, 0.717) is 18.8 Å². The van der Waals surface area contributed by atoms with Crippen molar-refractivity contribution in [1.29, 1.82) is 0 Å². The van der Waals surface area contributed by atoms with Gasteiger partial charge >= 0.3 is 0 Å². The predicted molar refractivity (Wildman–Crippen MR) is 83.0 cm³/mol. The Labute approximate surface area is 127 Å². The topological polar surface area (TPSA) is 80.9 Å². The Bertz CT molecular complexity index is 641. The summed E-state index contributed by atoms with van der Waals surface area (Å²) >= 11 is 1.58. The number of hydrogen-bond donors (Lipinski definition) is 2. The minimum absolute atomic E-state index is 0.184. The van der Waals surface area contributed by atoms with E-state index in [1.165, 1.54) is 0 Å². The molecular weight excluding hydrogens is 284 g/mol. The third-order valence-corrected chi connectivity index (χ3v) is 3.78. The lowest BCUT2D eigenvalue weighted by Crippen LogP contribution is -2.28. The summed E-state index contributed by atoms with van der Waals surface area (Å²) in [5, 5.41) is 5.80. The van der Waals surface area contributed by atoms with Crippen LogP contribution in [-0.4, -0.2) is 29.0 Å². The Kier molecular flexibility index (Phi) is 5.43. The number of nitrogens with two attached hydrogens (primary N) is 1. The first-order chi connectivity index (χ1) is 10.2. The third kappa shape index (κ3) is 4.38. The Morgan fingerprint density at radius 1 is 1.48 bits per heavy atom. The van der Waals surface area contributed by atoms with Crippen LogP contribution in [0.25, 0.3) is 0 Å². The molecule has 2 aromatic heterocycles. The van der Waals surface area contributed by atoms with Gasteiger partial charge in [0, 0.05) is 35.8 Å². The van der Waals surface area contributed by atoms with E-state index in [0.717, 1.165) is 10.6 Å². The molecule has 6 heteroatoms. The second-order valence-corrected chi connectivity index (χ2v) is 5.35. The molecule has 2 heterocycles. The molecule has 0 fully saturated rings. The normalized spacial score (nSPS) is 11.3. The Morgan fingerprint density at radius 2 is 2.33 bits per heavy atom. The van der Waals surface area contributed by atoms with Gasteiger partial charge in [-0.2, -0.15) is 0 Å². The zero-order chi connectivity index (χ0) is 15.1. The van der Waals surface area contributed by atoms with Gasteiger partial charge in [-0.25, -0.2) is 9.97 Å². The summed E-state index contributed by atoms with van der Waals surface area (Å²) in [5.74, 6) is 5.59. The van der Waals surface area contributed by atoms with Gasteiger partial charge in [0.1, 0.15) is 5.69 Å². The molecule has 21 heavy (non-hydrogen) atoms. The number of rotatable bonds is 4. The van der Waals surface area contributed by atoms with Crippen molar-refractivity contribution in [2.75, 3.05) is 13.1 Å². The number of amides is 1. The van der Waals surface area contributed by atoms with Gasteiger partial charge in [0.15, 0.2) is 0 Å². The lowest BCUT2D eigenvalue weighted by molar-refractivity contribution is 0.0946. The molecule has 5 nitrogen and oxygen atoms in total. The van der Waals surface area contributed by atoms with Gasteiger partial charge in [-0.05, 0) is 12.1 Å². The van der Waals surface area contributed by atoms with Gasteiger partial charge in [0.05, 0.1) is 11.6 Å². The summed E-state index contributed by atoms with van der Waals surface area (Å²) in [6, 6.07) is 3.42. The molecule has 1 atom stereocenters. The molecule has 2 rings (SSSR count). The molecule has 108 valence electrons. The maximum atomic E-state index is 12.0. The van der Waals surface area contributed by atoms with E-state index >= 15 is 0 Å². The van der Waals surface area contributed by atoms with Gasteiger partial charge in [-0.3, -0.25) is 4.79 Å². The Balaban J connectivity index is 1.91. The fourth-order valence-corrected chi connectivity index (χ4v) is 2.36. The highest BCUT2D eigenvalue weighted by molar-refractivity contribution is 7.09. The minimum Gasteiger partial charge on any atom is -0.350 e.